The summed E-state index contributed by atoms with van der Waals surface area (Å²) in [5.41, 5.74) is 7.50. The van der Waals surface area contributed by atoms with Crippen LogP contribution < -0.4 is 5.73 Å². The molecule has 1 amide bonds. The van der Waals surface area contributed by atoms with Crippen molar-refractivity contribution in [3.05, 3.63) is 22.4 Å². The third-order valence-corrected chi connectivity index (χ3v) is 5.61. The van der Waals surface area contributed by atoms with Crippen LogP contribution in [0.25, 0.3) is 0 Å². The molecule has 0 radical (unpaired) electrons. The summed E-state index contributed by atoms with van der Waals surface area (Å²) in [6.45, 7) is 0.918. The number of hydrogen-bond donors (Lipinski definition) is 1. The maximum absolute atomic E-state index is 12.6. The first kappa shape index (κ1) is 16.8. The fraction of sp³-hybridized carbons (Fsp3) is 0.688. The van der Waals surface area contributed by atoms with Crippen LogP contribution in [-0.4, -0.2) is 23.4 Å². The largest absolute Gasteiger partial charge is 0.336 e. The van der Waals surface area contributed by atoms with Gasteiger partial charge in [-0.25, -0.2) is 0 Å². The van der Waals surface area contributed by atoms with Gasteiger partial charge in [-0.3, -0.25) is 4.79 Å². The molecule has 1 saturated carbocycles. The van der Waals surface area contributed by atoms with Crippen LogP contribution in [0, 0.1) is 5.92 Å². The number of rotatable bonds is 3. The minimum atomic E-state index is 0. The van der Waals surface area contributed by atoms with E-state index in [9.17, 15) is 4.79 Å². The van der Waals surface area contributed by atoms with E-state index in [4.69, 9.17) is 5.73 Å². The summed E-state index contributed by atoms with van der Waals surface area (Å²) in [7, 11) is 0. The molecule has 1 saturated heterocycles. The maximum Gasteiger partial charge on any atom is 0.223 e. The van der Waals surface area contributed by atoms with Crippen molar-refractivity contribution in [1.82, 2.24) is 4.90 Å². The van der Waals surface area contributed by atoms with Crippen molar-refractivity contribution in [3.8, 4) is 0 Å². The van der Waals surface area contributed by atoms with Gasteiger partial charge < -0.3 is 10.6 Å². The number of hydrogen-bond acceptors (Lipinski definition) is 3. The fourth-order valence-corrected chi connectivity index (χ4v) is 4.41. The molecule has 118 valence electrons. The summed E-state index contributed by atoms with van der Waals surface area (Å²) >= 11 is 1.72. The smallest absolute Gasteiger partial charge is 0.223 e. The summed E-state index contributed by atoms with van der Waals surface area (Å²) in [6.07, 6.45) is 7.58. The second-order valence-corrected chi connectivity index (χ2v) is 6.99. The lowest BCUT2D eigenvalue weighted by atomic mass is 9.82. The van der Waals surface area contributed by atoms with Gasteiger partial charge >= 0.3 is 0 Å². The van der Waals surface area contributed by atoms with Gasteiger partial charge in [0.15, 0.2) is 0 Å². The normalized spacial score (nSPS) is 29.2. The fourth-order valence-electron chi connectivity index (χ4n) is 3.71. The molecule has 1 aliphatic heterocycles. The highest BCUT2D eigenvalue weighted by molar-refractivity contribution is 7.07. The van der Waals surface area contributed by atoms with Crippen LogP contribution in [0.5, 0.6) is 0 Å². The van der Waals surface area contributed by atoms with Crippen LogP contribution >= 0.6 is 23.7 Å². The van der Waals surface area contributed by atoms with Gasteiger partial charge in [0.05, 0.1) is 6.04 Å². The van der Waals surface area contributed by atoms with Crippen molar-refractivity contribution in [2.24, 2.45) is 11.7 Å². The zero-order valence-corrected chi connectivity index (χ0v) is 14.0. The number of likely N-dealkylation sites (tertiary alicyclic amines) is 1. The second kappa shape index (κ2) is 7.61. The molecule has 2 heterocycles. The van der Waals surface area contributed by atoms with Crippen LogP contribution in [0.1, 0.15) is 56.6 Å². The minimum absolute atomic E-state index is 0. The molecule has 1 aliphatic carbocycles. The second-order valence-electron chi connectivity index (χ2n) is 6.21. The van der Waals surface area contributed by atoms with E-state index in [1.807, 2.05) is 0 Å². The molecule has 2 fully saturated rings. The minimum Gasteiger partial charge on any atom is -0.336 e. The van der Waals surface area contributed by atoms with Gasteiger partial charge in [0, 0.05) is 19.0 Å². The molecule has 1 aromatic rings. The number of carbonyl (C=O) groups excluding carboxylic acids is 1. The van der Waals surface area contributed by atoms with Crippen molar-refractivity contribution in [1.29, 1.82) is 0 Å². The van der Waals surface area contributed by atoms with Crippen LogP contribution in [0.2, 0.25) is 0 Å². The predicted octanol–water partition coefficient (Wildman–Crippen LogP) is 3.74. The van der Waals surface area contributed by atoms with Gasteiger partial charge in [-0.2, -0.15) is 11.3 Å². The Hall–Kier alpha value is -0.580. The van der Waals surface area contributed by atoms with E-state index in [1.165, 1.54) is 18.4 Å². The molecule has 3 unspecified atom stereocenters. The lowest BCUT2D eigenvalue weighted by molar-refractivity contribution is -0.133. The maximum atomic E-state index is 12.6. The topological polar surface area (TPSA) is 46.3 Å². The van der Waals surface area contributed by atoms with Crippen molar-refractivity contribution in [2.75, 3.05) is 6.54 Å². The first-order chi connectivity index (χ1) is 9.75. The summed E-state index contributed by atoms with van der Waals surface area (Å²) in [4.78, 5) is 14.7. The monoisotopic (exact) mass is 328 g/mol. The number of nitrogens with zero attached hydrogens (tertiary/aromatic N) is 1. The lowest BCUT2D eigenvalue weighted by Gasteiger charge is -2.31. The molecular formula is C16H25ClN2OS. The SMILES string of the molecule is Cl.NC1CCCCC1CC(=O)N1CCCC1c1ccsc1. The van der Waals surface area contributed by atoms with Crippen LogP contribution in [0.3, 0.4) is 0 Å². The molecule has 0 spiro atoms. The number of carbonyl (C=O) groups is 1. The molecule has 5 heteroatoms. The van der Waals surface area contributed by atoms with E-state index < -0.39 is 0 Å². The molecule has 0 aromatic carbocycles. The molecule has 3 nitrogen and oxygen atoms in total. The lowest BCUT2D eigenvalue weighted by Crippen LogP contribution is -2.38. The first-order valence-electron chi connectivity index (χ1n) is 7.83. The van der Waals surface area contributed by atoms with Crippen molar-refractivity contribution in [3.63, 3.8) is 0 Å². The number of nitrogens with two attached hydrogens (primary N) is 1. The van der Waals surface area contributed by atoms with Gasteiger partial charge in [0.2, 0.25) is 5.91 Å². The van der Waals surface area contributed by atoms with E-state index in [-0.39, 0.29) is 18.4 Å². The Balaban J connectivity index is 0.00000161. The van der Waals surface area contributed by atoms with Crippen LogP contribution in [0.15, 0.2) is 16.8 Å². The Morgan fingerprint density at radius 3 is 2.81 bits per heavy atom. The predicted molar refractivity (Wildman–Crippen MR) is 89.8 cm³/mol. The Kier molecular flexibility index (Phi) is 6.08. The Morgan fingerprint density at radius 1 is 1.29 bits per heavy atom. The number of thiophene rings is 1. The van der Waals surface area contributed by atoms with Gasteiger partial charge in [0.1, 0.15) is 0 Å². The highest BCUT2D eigenvalue weighted by Crippen LogP contribution is 2.35. The van der Waals surface area contributed by atoms with Crippen molar-refractivity contribution < 1.29 is 4.79 Å². The molecule has 0 bridgehead atoms. The summed E-state index contributed by atoms with van der Waals surface area (Å²) in [5.74, 6) is 0.723. The Bertz CT molecular complexity index is 451. The van der Waals surface area contributed by atoms with Gasteiger partial charge in [-0.05, 0) is 54.0 Å². The number of halogens is 1. The van der Waals surface area contributed by atoms with E-state index >= 15 is 0 Å². The highest BCUT2D eigenvalue weighted by Gasteiger charge is 2.32. The van der Waals surface area contributed by atoms with Crippen LogP contribution in [-0.2, 0) is 4.79 Å². The zero-order chi connectivity index (χ0) is 13.9. The van der Waals surface area contributed by atoms with E-state index in [0.717, 1.165) is 32.2 Å². The summed E-state index contributed by atoms with van der Waals surface area (Å²) < 4.78 is 0. The van der Waals surface area contributed by atoms with E-state index in [0.29, 0.717) is 24.3 Å². The molecular weight excluding hydrogens is 304 g/mol. The molecule has 2 N–H and O–H groups in total. The van der Waals surface area contributed by atoms with Gasteiger partial charge in [0.25, 0.3) is 0 Å². The number of amides is 1. The van der Waals surface area contributed by atoms with Gasteiger partial charge in [-0.15, -0.1) is 12.4 Å². The standard InChI is InChI=1S/C16H24N2OS.ClH/c17-14-5-2-1-4-12(14)10-16(19)18-8-3-6-15(18)13-7-9-20-11-13;/h7,9,11-12,14-15H,1-6,8,10,17H2;1H. The highest BCUT2D eigenvalue weighted by atomic mass is 35.5. The average molecular weight is 329 g/mol. The molecule has 1 aromatic heterocycles. The van der Waals surface area contributed by atoms with Crippen LogP contribution in [0.4, 0.5) is 0 Å². The quantitative estimate of drug-likeness (QED) is 0.918. The molecule has 2 aliphatic rings. The third-order valence-electron chi connectivity index (χ3n) is 4.91. The zero-order valence-electron chi connectivity index (χ0n) is 12.4. The summed E-state index contributed by atoms with van der Waals surface area (Å²) in [5, 5.41) is 4.29. The van der Waals surface area contributed by atoms with Crippen molar-refractivity contribution >= 4 is 29.7 Å². The summed E-state index contributed by atoms with van der Waals surface area (Å²) in [6, 6.07) is 2.70. The van der Waals surface area contributed by atoms with E-state index in [2.05, 4.69) is 21.7 Å². The molecule has 21 heavy (non-hydrogen) atoms. The first-order valence-corrected chi connectivity index (χ1v) is 8.77. The van der Waals surface area contributed by atoms with Crippen molar-refractivity contribution in [2.45, 2.75) is 57.0 Å². The Labute approximate surface area is 137 Å². The average Bonchev–Trinajstić information content (AvgIpc) is 3.11. The van der Waals surface area contributed by atoms with Gasteiger partial charge in [-0.1, -0.05) is 12.8 Å². The van der Waals surface area contributed by atoms with E-state index in [1.54, 1.807) is 11.3 Å². The molecule has 3 rings (SSSR count). The Morgan fingerprint density at radius 2 is 2.10 bits per heavy atom. The molecule has 3 atom stereocenters. The third kappa shape index (κ3) is 3.79.